The van der Waals surface area contributed by atoms with Gasteiger partial charge in [-0.15, -0.1) is 10.2 Å². The Hall–Kier alpha value is -2.61. The van der Waals surface area contributed by atoms with Crippen molar-refractivity contribution in [2.75, 3.05) is 6.54 Å². The van der Waals surface area contributed by atoms with Crippen molar-refractivity contribution < 1.29 is 13.6 Å². The summed E-state index contributed by atoms with van der Waals surface area (Å²) in [5.74, 6) is 1.10. The van der Waals surface area contributed by atoms with Crippen LogP contribution in [0.1, 0.15) is 41.8 Å². The highest BCUT2D eigenvalue weighted by Gasteiger charge is 2.22. The first-order valence-corrected chi connectivity index (χ1v) is 10.5. The molecule has 0 bridgehead atoms. The van der Waals surface area contributed by atoms with Crippen molar-refractivity contribution in [3.63, 3.8) is 0 Å². The Morgan fingerprint density at radius 3 is 2.68 bits per heavy atom. The van der Waals surface area contributed by atoms with Crippen LogP contribution in [-0.4, -0.2) is 27.5 Å². The summed E-state index contributed by atoms with van der Waals surface area (Å²) < 4.78 is 11.1. The molecule has 1 aromatic carbocycles. The SMILES string of the molecule is O=C1CCCN1Cc1nnc(SCc2cc(=O)oc3cc4c(cc23)CCC4)o1. The first-order chi connectivity index (χ1) is 13.7. The second-order valence-corrected chi connectivity index (χ2v) is 8.16. The van der Waals surface area contributed by atoms with E-state index in [1.54, 1.807) is 4.90 Å². The molecule has 2 aromatic heterocycles. The number of hydrogen-bond donors (Lipinski definition) is 0. The summed E-state index contributed by atoms with van der Waals surface area (Å²) in [6, 6.07) is 5.69. The Morgan fingerprint density at radius 2 is 1.86 bits per heavy atom. The maximum atomic E-state index is 12.0. The highest BCUT2D eigenvalue weighted by molar-refractivity contribution is 7.98. The van der Waals surface area contributed by atoms with Crippen molar-refractivity contribution in [3.8, 4) is 0 Å². The average Bonchev–Trinajstić information content (AvgIpc) is 3.40. The van der Waals surface area contributed by atoms with Gasteiger partial charge in [0, 0.05) is 30.2 Å². The number of benzene rings is 1. The van der Waals surface area contributed by atoms with Gasteiger partial charge < -0.3 is 13.7 Å². The molecular weight excluding hydrogens is 378 g/mol. The summed E-state index contributed by atoms with van der Waals surface area (Å²) in [7, 11) is 0. The van der Waals surface area contributed by atoms with Crippen molar-refractivity contribution in [3.05, 3.63) is 51.2 Å². The monoisotopic (exact) mass is 397 g/mol. The Balaban J connectivity index is 1.35. The van der Waals surface area contributed by atoms with Crippen LogP contribution in [0.15, 0.2) is 37.1 Å². The lowest BCUT2D eigenvalue weighted by Crippen LogP contribution is -2.23. The number of carbonyl (C=O) groups is 1. The standard InChI is InChI=1S/C20H19N3O4S/c24-18-5-2-6-23(18)10-17-21-22-20(27-17)28-11-14-9-19(25)26-16-8-13-4-1-3-12(13)7-15(14)16/h7-9H,1-6,10-11H2. The minimum atomic E-state index is -0.347. The van der Waals surface area contributed by atoms with Crippen LogP contribution in [0.5, 0.6) is 0 Å². The van der Waals surface area contributed by atoms with E-state index in [0.29, 0.717) is 35.4 Å². The fourth-order valence-electron chi connectivity index (χ4n) is 3.95. The zero-order valence-corrected chi connectivity index (χ0v) is 16.1. The third-order valence-corrected chi connectivity index (χ3v) is 6.21. The van der Waals surface area contributed by atoms with E-state index in [1.165, 1.54) is 29.0 Å². The molecule has 144 valence electrons. The molecule has 28 heavy (non-hydrogen) atoms. The van der Waals surface area contributed by atoms with E-state index >= 15 is 0 Å². The fraction of sp³-hybridized carbons (Fsp3) is 0.400. The smallest absolute Gasteiger partial charge is 0.336 e. The average molecular weight is 397 g/mol. The number of fused-ring (bicyclic) bond motifs is 2. The predicted octanol–water partition coefficient (Wildman–Crippen LogP) is 3.08. The highest BCUT2D eigenvalue weighted by Crippen LogP contribution is 2.31. The van der Waals surface area contributed by atoms with Crippen LogP contribution < -0.4 is 5.63 Å². The van der Waals surface area contributed by atoms with Gasteiger partial charge in [-0.1, -0.05) is 11.8 Å². The number of amides is 1. The van der Waals surface area contributed by atoms with Crippen LogP contribution in [0.25, 0.3) is 11.0 Å². The summed E-state index contributed by atoms with van der Waals surface area (Å²) in [5, 5.41) is 9.51. The molecule has 2 aliphatic rings. The molecule has 1 saturated heterocycles. The van der Waals surface area contributed by atoms with E-state index < -0.39 is 0 Å². The van der Waals surface area contributed by atoms with Gasteiger partial charge in [0.2, 0.25) is 11.8 Å². The van der Waals surface area contributed by atoms with Crippen LogP contribution in [0, 0.1) is 0 Å². The lowest BCUT2D eigenvalue weighted by molar-refractivity contribution is -0.128. The maximum Gasteiger partial charge on any atom is 0.336 e. The molecule has 0 spiro atoms. The number of thioether (sulfide) groups is 1. The van der Waals surface area contributed by atoms with Crippen LogP contribution in [0.2, 0.25) is 0 Å². The van der Waals surface area contributed by atoms with Crippen LogP contribution in [0.3, 0.4) is 0 Å². The summed E-state index contributed by atoms with van der Waals surface area (Å²) in [6.07, 6.45) is 4.72. The molecular formula is C20H19N3O4S. The molecule has 0 N–H and O–H groups in total. The molecule has 8 heteroatoms. The summed E-state index contributed by atoms with van der Waals surface area (Å²) in [6.45, 7) is 1.09. The van der Waals surface area contributed by atoms with Crippen LogP contribution in [0.4, 0.5) is 0 Å². The molecule has 1 amide bonds. The Labute approximate surface area is 165 Å². The van der Waals surface area contributed by atoms with E-state index in [2.05, 4.69) is 16.3 Å². The van der Waals surface area contributed by atoms with Gasteiger partial charge in [-0.25, -0.2) is 4.79 Å². The second-order valence-electron chi connectivity index (χ2n) is 7.23. The normalized spacial score (nSPS) is 16.3. The highest BCUT2D eigenvalue weighted by atomic mass is 32.2. The summed E-state index contributed by atoms with van der Waals surface area (Å²) in [5.41, 5.74) is 3.81. The van der Waals surface area contributed by atoms with Gasteiger partial charge in [0.25, 0.3) is 5.22 Å². The quantitative estimate of drug-likeness (QED) is 0.483. The lowest BCUT2D eigenvalue weighted by Gasteiger charge is -2.11. The number of hydrogen-bond acceptors (Lipinski definition) is 7. The number of rotatable bonds is 5. The number of nitrogens with zero attached hydrogens (tertiary/aromatic N) is 3. The van der Waals surface area contributed by atoms with Gasteiger partial charge in [-0.2, -0.15) is 0 Å². The molecule has 3 heterocycles. The van der Waals surface area contributed by atoms with Crippen molar-refractivity contribution in [1.82, 2.24) is 15.1 Å². The Kier molecular flexibility index (Phi) is 4.43. The van der Waals surface area contributed by atoms with Crippen molar-refractivity contribution in [2.45, 2.75) is 49.6 Å². The van der Waals surface area contributed by atoms with Gasteiger partial charge in [0.15, 0.2) is 0 Å². The van der Waals surface area contributed by atoms with Gasteiger partial charge in [0.05, 0.1) is 6.54 Å². The topological polar surface area (TPSA) is 89.4 Å². The molecule has 0 radical (unpaired) electrons. The molecule has 3 aromatic rings. The zero-order valence-electron chi connectivity index (χ0n) is 15.3. The van der Waals surface area contributed by atoms with Gasteiger partial charge in [-0.3, -0.25) is 4.79 Å². The molecule has 0 atom stereocenters. The fourth-order valence-corrected chi connectivity index (χ4v) is 4.72. The molecule has 1 fully saturated rings. The third kappa shape index (κ3) is 3.32. The van der Waals surface area contributed by atoms with Gasteiger partial charge >= 0.3 is 5.63 Å². The molecule has 0 unspecified atom stereocenters. The van der Waals surface area contributed by atoms with Gasteiger partial charge in [0.1, 0.15) is 5.58 Å². The van der Waals surface area contributed by atoms with Crippen LogP contribution >= 0.6 is 11.8 Å². The van der Waals surface area contributed by atoms with E-state index in [9.17, 15) is 9.59 Å². The Bertz CT molecular complexity index is 1120. The van der Waals surface area contributed by atoms with E-state index in [1.807, 2.05) is 6.07 Å². The number of aromatic nitrogens is 2. The minimum Gasteiger partial charge on any atom is -0.423 e. The first-order valence-electron chi connectivity index (χ1n) is 9.47. The molecule has 7 nitrogen and oxygen atoms in total. The lowest BCUT2D eigenvalue weighted by atomic mass is 10.0. The Morgan fingerprint density at radius 1 is 1.00 bits per heavy atom. The summed E-state index contributed by atoms with van der Waals surface area (Å²) in [4.78, 5) is 25.4. The zero-order chi connectivity index (χ0) is 19.1. The summed E-state index contributed by atoms with van der Waals surface area (Å²) >= 11 is 1.39. The first kappa shape index (κ1) is 17.5. The van der Waals surface area contributed by atoms with Crippen molar-refractivity contribution in [2.24, 2.45) is 0 Å². The van der Waals surface area contributed by atoms with Crippen molar-refractivity contribution in [1.29, 1.82) is 0 Å². The molecule has 5 rings (SSSR count). The number of aryl methyl sites for hydroxylation is 2. The number of likely N-dealkylation sites (tertiary alicyclic amines) is 1. The number of carbonyl (C=O) groups excluding carboxylic acids is 1. The van der Waals surface area contributed by atoms with Crippen LogP contribution in [-0.2, 0) is 29.9 Å². The maximum absolute atomic E-state index is 12.0. The predicted molar refractivity (Wildman–Crippen MR) is 103 cm³/mol. The van der Waals surface area contributed by atoms with E-state index in [-0.39, 0.29) is 11.5 Å². The van der Waals surface area contributed by atoms with Gasteiger partial charge in [-0.05, 0) is 54.5 Å². The van der Waals surface area contributed by atoms with Crippen molar-refractivity contribution >= 4 is 28.6 Å². The third-order valence-electron chi connectivity index (χ3n) is 5.34. The minimum absolute atomic E-state index is 0.127. The largest absolute Gasteiger partial charge is 0.423 e. The molecule has 1 aliphatic heterocycles. The molecule has 0 saturated carbocycles. The second kappa shape index (κ2) is 7.09. The molecule has 1 aliphatic carbocycles. The van der Waals surface area contributed by atoms with E-state index in [4.69, 9.17) is 8.83 Å². The van der Waals surface area contributed by atoms with E-state index in [0.717, 1.165) is 43.2 Å².